The predicted octanol–water partition coefficient (Wildman–Crippen LogP) is 9.86. The van der Waals surface area contributed by atoms with E-state index in [1.165, 1.54) is 21.9 Å². The lowest BCUT2D eigenvalue weighted by Crippen LogP contribution is -2.62. The largest absolute Gasteiger partial charge is 0.361 e. The number of piperazine rings is 1. The molecular weight excluding hydrogens is 687 g/mol. The maximum atomic E-state index is 10.2. The Morgan fingerprint density at radius 2 is 1.19 bits per heavy atom. The van der Waals surface area contributed by atoms with E-state index < -0.39 is 0 Å². The van der Waals surface area contributed by atoms with Gasteiger partial charge in [0.25, 0.3) is 0 Å². The van der Waals surface area contributed by atoms with Crippen LogP contribution in [0.1, 0.15) is 28.7 Å². The van der Waals surface area contributed by atoms with Crippen LogP contribution in [0.15, 0.2) is 97.6 Å². The topological polar surface area (TPSA) is 114 Å². The molecule has 0 saturated carbocycles. The average Bonchev–Trinajstić information content (AvgIpc) is 3.98. The van der Waals surface area contributed by atoms with Crippen LogP contribution in [-0.4, -0.2) is 57.1 Å². The minimum Gasteiger partial charge on any atom is -0.361 e. The average molecular weight is 723 g/mol. The minimum atomic E-state index is 0.171. The van der Waals surface area contributed by atoms with E-state index in [4.69, 9.17) is 23.2 Å². The Balaban J connectivity index is 1.16. The van der Waals surface area contributed by atoms with Gasteiger partial charge in [-0.05, 0) is 78.9 Å². The zero-order chi connectivity index (χ0) is 35.4. The minimum absolute atomic E-state index is 0.171. The molecule has 4 aromatic heterocycles. The lowest BCUT2D eigenvalue weighted by Gasteiger charge is -2.49. The molecule has 0 bridgehead atoms. The van der Waals surface area contributed by atoms with Crippen LogP contribution in [-0.2, 0) is 12.8 Å². The van der Waals surface area contributed by atoms with Gasteiger partial charge in [0.2, 0.25) is 0 Å². The van der Waals surface area contributed by atoms with Gasteiger partial charge in [-0.25, -0.2) is 0 Å². The summed E-state index contributed by atoms with van der Waals surface area (Å²) in [4.78, 5) is 16.3. The monoisotopic (exact) mass is 721 g/mol. The second-order valence-electron chi connectivity index (χ2n) is 14.0. The number of quaternary nitrogens is 1. The molecule has 8 nitrogen and oxygen atoms in total. The Morgan fingerprint density at radius 1 is 0.654 bits per heavy atom. The van der Waals surface area contributed by atoms with Crippen molar-refractivity contribution in [3.63, 3.8) is 0 Å². The second-order valence-corrected chi connectivity index (χ2v) is 14.8. The summed E-state index contributed by atoms with van der Waals surface area (Å²) < 4.78 is 0.518. The molecule has 1 atom stereocenters. The predicted molar refractivity (Wildman–Crippen MR) is 211 cm³/mol. The number of rotatable bonds is 8. The molecular formula is C42H35Cl2N8+. The van der Waals surface area contributed by atoms with Gasteiger partial charge in [0.05, 0.1) is 51.1 Å². The summed E-state index contributed by atoms with van der Waals surface area (Å²) in [6, 6.07) is 29.4. The molecule has 1 fully saturated rings. The maximum absolute atomic E-state index is 10.2. The smallest absolute Gasteiger partial charge is 0.148 e. The van der Waals surface area contributed by atoms with Gasteiger partial charge in [0.1, 0.15) is 24.5 Å². The van der Waals surface area contributed by atoms with Gasteiger partial charge in [-0.15, -0.1) is 0 Å². The molecule has 5 heterocycles. The van der Waals surface area contributed by atoms with Gasteiger partial charge in [-0.1, -0.05) is 35.3 Å². The van der Waals surface area contributed by atoms with E-state index >= 15 is 0 Å². The van der Waals surface area contributed by atoms with Crippen molar-refractivity contribution in [3.8, 4) is 12.1 Å². The molecule has 1 aliphatic rings. The molecule has 52 heavy (non-hydrogen) atoms. The number of benzene rings is 4. The van der Waals surface area contributed by atoms with Gasteiger partial charge >= 0.3 is 0 Å². The first-order valence-corrected chi connectivity index (χ1v) is 18.3. The van der Waals surface area contributed by atoms with Crippen molar-refractivity contribution in [2.24, 2.45) is 0 Å². The van der Waals surface area contributed by atoms with Gasteiger partial charge in [-0.2, -0.15) is 10.5 Å². The van der Waals surface area contributed by atoms with Crippen LogP contribution in [0.3, 0.4) is 0 Å². The SMILES string of the molecule is N#Cc1cc([N+]2(c3cc(C#N)cc4[nH]ccc34)CCN(CCc3c[nH]c4cc(Cl)ccc34)C(CCc3c[nH]c4cc(Cl)ccc34)C2)c2cc[nH]c2c1. The van der Waals surface area contributed by atoms with Crippen LogP contribution < -0.4 is 4.48 Å². The fraction of sp³-hybridized carbons (Fsp3) is 0.190. The highest BCUT2D eigenvalue weighted by atomic mass is 35.5. The fourth-order valence-electron chi connectivity index (χ4n) is 8.63. The highest BCUT2D eigenvalue weighted by Gasteiger charge is 2.45. The van der Waals surface area contributed by atoms with Gasteiger partial charge in [-0.3, -0.25) is 9.38 Å². The van der Waals surface area contributed by atoms with Gasteiger partial charge < -0.3 is 19.9 Å². The van der Waals surface area contributed by atoms with Crippen LogP contribution in [0, 0.1) is 22.7 Å². The van der Waals surface area contributed by atoms with Crippen molar-refractivity contribution < 1.29 is 0 Å². The van der Waals surface area contributed by atoms with E-state index in [1.807, 2.05) is 48.8 Å². The lowest BCUT2D eigenvalue weighted by atomic mass is 9.95. The third kappa shape index (κ3) is 5.53. The quantitative estimate of drug-likeness (QED) is 0.117. The maximum Gasteiger partial charge on any atom is 0.148 e. The van der Waals surface area contributed by atoms with Crippen molar-refractivity contribution in [1.29, 1.82) is 10.5 Å². The molecule has 0 aliphatic carbocycles. The van der Waals surface area contributed by atoms with Crippen LogP contribution in [0.4, 0.5) is 11.4 Å². The number of aromatic amines is 4. The van der Waals surface area contributed by atoms with E-state index in [2.05, 4.69) is 85.8 Å². The second kappa shape index (κ2) is 12.9. The third-order valence-electron chi connectivity index (χ3n) is 11.2. The molecule has 1 unspecified atom stereocenters. The molecule has 0 spiro atoms. The number of nitrogens with one attached hydrogen (secondary N) is 4. The fourth-order valence-corrected chi connectivity index (χ4v) is 8.98. The number of nitriles is 2. The molecule has 1 saturated heterocycles. The summed E-state index contributed by atoms with van der Waals surface area (Å²) >= 11 is 12.7. The summed E-state index contributed by atoms with van der Waals surface area (Å²) in [7, 11) is 0. The van der Waals surface area contributed by atoms with Crippen molar-refractivity contribution in [2.75, 3.05) is 26.2 Å². The van der Waals surface area contributed by atoms with Crippen LogP contribution in [0.25, 0.3) is 43.6 Å². The van der Waals surface area contributed by atoms with E-state index in [-0.39, 0.29) is 6.04 Å². The van der Waals surface area contributed by atoms with Gasteiger partial charge in [0, 0.05) is 81.9 Å². The first kappa shape index (κ1) is 32.4. The first-order valence-electron chi connectivity index (χ1n) is 17.6. The van der Waals surface area contributed by atoms with Crippen LogP contribution in [0.2, 0.25) is 10.0 Å². The molecule has 0 radical (unpaired) electrons. The Bertz CT molecular complexity index is 2620. The highest BCUT2D eigenvalue weighted by molar-refractivity contribution is 6.31. The Morgan fingerprint density at radius 3 is 1.75 bits per heavy atom. The van der Waals surface area contributed by atoms with Crippen molar-refractivity contribution in [2.45, 2.75) is 25.3 Å². The summed E-state index contributed by atoms with van der Waals surface area (Å²) in [5.74, 6) is 0. The molecule has 10 heteroatoms. The lowest BCUT2D eigenvalue weighted by molar-refractivity contribution is 0.103. The van der Waals surface area contributed by atoms with E-state index in [9.17, 15) is 10.5 Å². The summed E-state index contributed by atoms with van der Waals surface area (Å²) in [6.45, 7) is 3.25. The number of nitrogens with zero attached hydrogens (tertiary/aromatic N) is 4. The number of H-pyrrole nitrogens is 4. The molecule has 256 valence electrons. The third-order valence-corrected chi connectivity index (χ3v) is 11.6. The standard InChI is InChI=1S/C42H35Cl2N8/c43-30-2-5-33-28(23-49-39(33)19-30)1-4-32-25-52(41-17-26(21-45)15-37-35(41)7-10-47-37,42-18-27(22-46)16-38-36(42)8-11-48-38)14-13-51(32)12-9-29-24-50-40-20-31(44)3-6-34(29)40/h2-3,5-8,10-11,15-20,23-24,32,47-50H,1,4,9,12-14,25H2/q+1. The zero-order valence-corrected chi connectivity index (χ0v) is 29.8. The Kier molecular flexibility index (Phi) is 8.07. The normalized spacial score (nSPS) is 16.2. The van der Waals surface area contributed by atoms with E-state index in [1.54, 1.807) is 0 Å². The van der Waals surface area contributed by atoms with E-state index in [0.29, 0.717) is 20.6 Å². The van der Waals surface area contributed by atoms with Crippen molar-refractivity contribution in [3.05, 3.63) is 130 Å². The number of hydrogen-bond donors (Lipinski definition) is 4. The summed E-state index contributed by atoms with van der Waals surface area (Å²) in [6.07, 6.45) is 10.8. The first-order chi connectivity index (χ1) is 25.4. The number of fused-ring (bicyclic) bond motifs is 4. The molecule has 0 amide bonds. The summed E-state index contributed by atoms with van der Waals surface area (Å²) in [5, 5.41) is 26.4. The zero-order valence-electron chi connectivity index (χ0n) is 28.3. The van der Waals surface area contributed by atoms with Crippen LogP contribution >= 0.6 is 23.2 Å². The number of aryl methyl sites for hydroxylation is 1. The van der Waals surface area contributed by atoms with Crippen molar-refractivity contribution >= 4 is 78.2 Å². The molecule has 4 aromatic carbocycles. The van der Waals surface area contributed by atoms with Crippen molar-refractivity contribution in [1.82, 2.24) is 29.3 Å². The molecule has 9 rings (SSSR count). The Labute approximate surface area is 310 Å². The Hall–Kier alpha value is -5.48. The van der Waals surface area contributed by atoms with Gasteiger partial charge in [0.15, 0.2) is 0 Å². The molecule has 4 N–H and O–H groups in total. The summed E-state index contributed by atoms with van der Waals surface area (Å²) in [5.41, 5.74) is 9.88. The van der Waals surface area contributed by atoms with Crippen LogP contribution in [0.5, 0.6) is 0 Å². The number of aromatic nitrogens is 4. The van der Waals surface area contributed by atoms with E-state index in [0.717, 1.165) is 94.7 Å². The number of hydrogen-bond acceptors (Lipinski definition) is 3. The number of halogens is 2. The highest BCUT2D eigenvalue weighted by Crippen LogP contribution is 2.46. The molecule has 1 aliphatic heterocycles. The molecule has 8 aromatic rings.